The molecule has 0 saturated carbocycles. The maximum absolute atomic E-state index is 12.0. The van der Waals surface area contributed by atoms with Gasteiger partial charge >= 0.3 is 5.97 Å². The van der Waals surface area contributed by atoms with Gasteiger partial charge in [-0.1, -0.05) is 0 Å². The van der Waals surface area contributed by atoms with Gasteiger partial charge in [0.1, 0.15) is 6.04 Å². The Labute approximate surface area is 104 Å². The standard InChI is InChI=1S/C11H17NO4S/c1-10(2,16)5-7(13)12-6(9(14)15)11(3,4)17-8(5)12/h5-6,8,16H,1-4H3,(H,14,15)/t5-,6-,8+/m0/s1. The van der Waals surface area contributed by atoms with Crippen LogP contribution in [-0.2, 0) is 9.59 Å². The van der Waals surface area contributed by atoms with E-state index in [-0.39, 0.29) is 11.3 Å². The Balaban J connectivity index is 2.31. The summed E-state index contributed by atoms with van der Waals surface area (Å²) in [4.78, 5) is 24.6. The summed E-state index contributed by atoms with van der Waals surface area (Å²) < 4.78 is -0.522. The average molecular weight is 259 g/mol. The van der Waals surface area contributed by atoms with Crippen LogP contribution in [0.25, 0.3) is 0 Å². The number of aliphatic hydroxyl groups is 1. The molecule has 0 aromatic carbocycles. The molecule has 0 unspecified atom stereocenters. The number of amides is 1. The number of hydrogen-bond acceptors (Lipinski definition) is 4. The van der Waals surface area contributed by atoms with E-state index in [0.29, 0.717) is 0 Å². The molecule has 5 nitrogen and oxygen atoms in total. The van der Waals surface area contributed by atoms with Gasteiger partial charge in [-0.3, -0.25) is 4.79 Å². The van der Waals surface area contributed by atoms with Crippen LogP contribution in [0.3, 0.4) is 0 Å². The number of carboxylic acids is 1. The summed E-state index contributed by atoms with van der Waals surface area (Å²) in [6.45, 7) is 6.83. The lowest BCUT2D eigenvalue weighted by molar-refractivity contribution is -0.174. The summed E-state index contributed by atoms with van der Waals surface area (Å²) in [5, 5.41) is 18.9. The third-order valence-electron chi connectivity index (χ3n) is 3.44. The molecular formula is C11H17NO4S. The predicted octanol–water partition coefficient (Wildman–Crippen LogP) is 0.520. The number of aliphatic carboxylic acids is 1. The number of rotatable bonds is 2. The van der Waals surface area contributed by atoms with Crippen molar-refractivity contribution in [2.24, 2.45) is 5.92 Å². The highest BCUT2D eigenvalue weighted by Crippen LogP contribution is 2.55. The molecule has 17 heavy (non-hydrogen) atoms. The van der Waals surface area contributed by atoms with E-state index < -0.39 is 28.3 Å². The molecule has 2 fully saturated rings. The van der Waals surface area contributed by atoms with Crippen LogP contribution in [0.5, 0.6) is 0 Å². The molecule has 2 saturated heterocycles. The van der Waals surface area contributed by atoms with Gasteiger partial charge in [0.2, 0.25) is 5.91 Å². The van der Waals surface area contributed by atoms with Gasteiger partial charge in [-0.25, -0.2) is 4.79 Å². The number of carbonyl (C=O) groups is 2. The lowest BCUT2D eigenvalue weighted by atomic mass is 9.81. The molecule has 0 radical (unpaired) electrons. The number of β-lactam (4-membered cyclic amide) rings is 1. The monoisotopic (exact) mass is 259 g/mol. The third kappa shape index (κ3) is 1.65. The van der Waals surface area contributed by atoms with Crippen molar-refractivity contribution in [3.8, 4) is 0 Å². The Bertz CT molecular complexity index is 387. The van der Waals surface area contributed by atoms with Crippen LogP contribution in [0.4, 0.5) is 0 Å². The third-order valence-corrected chi connectivity index (χ3v) is 5.01. The minimum Gasteiger partial charge on any atom is -0.480 e. The number of fused-ring (bicyclic) bond motifs is 1. The van der Waals surface area contributed by atoms with Crippen LogP contribution in [0.15, 0.2) is 0 Å². The highest BCUT2D eigenvalue weighted by molar-refractivity contribution is 8.01. The molecule has 96 valence electrons. The Morgan fingerprint density at radius 1 is 1.47 bits per heavy atom. The first-order valence-corrected chi connectivity index (χ1v) is 6.40. The van der Waals surface area contributed by atoms with Crippen molar-refractivity contribution in [2.75, 3.05) is 0 Å². The van der Waals surface area contributed by atoms with E-state index in [0.717, 1.165) is 0 Å². The Kier molecular flexibility index (Phi) is 2.53. The minimum atomic E-state index is -1.10. The van der Waals surface area contributed by atoms with Gasteiger partial charge in [-0.15, -0.1) is 11.8 Å². The molecule has 0 aliphatic carbocycles. The van der Waals surface area contributed by atoms with Crippen molar-refractivity contribution in [2.45, 2.75) is 49.5 Å². The van der Waals surface area contributed by atoms with Crippen molar-refractivity contribution in [1.29, 1.82) is 0 Å². The van der Waals surface area contributed by atoms with E-state index in [2.05, 4.69) is 0 Å². The van der Waals surface area contributed by atoms with Crippen LogP contribution < -0.4 is 0 Å². The molecule has 3 atom stereocenters. The first-order valence-electron chi connectivity index (χ1n) is 5.52. The van der Waals surface area contributed by atoms with Crippen LogP contribution in [0, 0.1) is 5.92 Å². The first kappa shape index (κ1) is 12.7. The van der Waals surface area contributed by atoms with Gasteiger partial charge in [-0.05, 0) is 27.7 Å². The summed E-state index contributed by atoms with van der Waals surface area (Å²) in [5.41, 5.74) is -1.10. The zero-order chi connectivity index (χ0) is 13.2. The molecule has 0 aromatic rings. The molecule has 1 amide bonds. The van der Waals surface area contributed by atoms with Gasteiger partial charge in [-0.2, -0.15) is 0 Å². The van der Waals surface area contributed by atoms with E-state index in [4.69, 9.17) is 0 Å². The minimum absolute atomic E-state index is 0.224. The van der Waals surface area contributed by atoms with E-state index in [1.807, 2.05) is 13.8 Å². The SMILES string of the molecule is CC(C)(O)[C@H]1C(=O)N2[C@@H]1SC(C)(C)[C@@H]2C(=O)O. The summed E-state index contributed by atoms with van der Waals surface area (Å²) in [6, 6.07) is -0.802. The van der Waals surface area contributed by atoms with E-state index >= 15 is 0 Å². The van der Waals surface area contributed by atoms with Crippen LogP contribution in [-0.4, -0.2) is 48.8 Å². The molecule has 6 heteroatoms. The zero-order valence-corrected chi connectivity index (χ0v) is 11.1. The summed E-state index contributed by atoms with van der Waals surface area (Å²) in [6.07, 6.45) is 0. The molecule has 0 aromatic heterocycles. The summed E-state index contributed by atoms with van der Waals surface area (Å²) in [5.74, 6) is -1.74. The molecule has 0 spiro atoms. The van der Waals surface area contributed by atoms with Gasteiger partial charge in [0.05, 0.1) is 16.9 Å². The number of hydrogen-bond donors (Lipinski definition) is 2. The molecular weight excluding hydrogens is 242 g/mol. The topological polar surface area (TPSA) is 77.8 Å². The van der Waals surface area contributed by atoms with Gasteiger partial charge in [0.15, 0.2) is 0 Å². The Hall–Kier alpha value is -0.750. The smallest absolute Gasteiger partial charge is 0.327 e. The second-order valence-electron chi connectivity index (χ2n) is 5.73. The first-order chi connectivity index (χ1) is 7.57. The molecule has 2 aliphatic rings. The fraction of sp³-hybridized carbons (Fsp3) is 0.818. The molecule has 2 N–H and O–H groups in total. The summed E-state index contributed by atoms with van der Waals surface area (Å²) >= 11 is 1.46. The van der Waals surface area contributed by atoms with Crippen LogP contribution in [0.1, 0.15) is 27.7 Å². The Morgan fingerprint density at radius 3 is 2.41 bits per heavy atom. The van der Waals surface area contributed by atoms with Crippen molar-refractivity contribution >= 4 is 23.6 Å². The Morgan fingerprint density at radius 2 is 2.00 bits per heavy atom. The van der Waals surface area contributed by atoms with E-state index in [1.54, 1.807) is 13.8 Å². The molecule has 2 aliphatic heterocycles. The van der Waals surface area contributed by atoms with Crippen molar-refractivity contribution < 1.29 is 19.8 Å². The van der Waals surface area contributed by atoms with Gasteiger partial charge in [0.25, 0.3) is 0 Å². The number of carbonyl (C=O) groups excluding carboxylic acids is 1. The quantitative estimate of drug-likeness (QED) is 0.707. The summed E-state index contributed by atoms with van der Waals surface area (Å²) in [7, 11) is 0. The van der Waals surface area contributed by atoms with Crippen molar-refractivity contribution in [3.05, 3.63) is 0 Å². The van der Waals surface area contributed by atoms with Crippen LogP contribution >= 0.6 is 11.8 Å². The fourth-order valence-electron chi connectivity index (χ4n) is 2.66. The lowest BCUT2D eigenvalue weighted by Gasteiger charge is -2.48. The second kappa shape index (κ2) is 3.38. The molecule has 0 bridgehead atoms. The maximum atomic E-state index is 12.0. The second-order valence-corrected chi connectivity index (χ2v) is 7.50. The largest absolute Gasteiger partial charge is 0.480 e. The normalized spacial score (nSPS) is 35.5. The van der Waals surface area contributed by atoms with E-state index in [1.165, 1.54) is 16.7 Å². The highest BCUT2D eigenvalue weighted by Gasteiger charge is 2.66. The van der Waals surface area contributed by atoms with Crippen LogP contribution in [0.2, 0.25) is 0 Å². The predicted molar refractivity (Wildman–Crippen MR) is 63.5 cm³/mol. The highest BCUT2D eigenvalue weighted by atomic mass is 32.2. The number of carboxylic acid groups (broad SMARTS) is 1. The zero-order valence-electron chi connectivity index (χ0n) is 10.3. The fourth-order valence-corrected chi connectivity index (χ4v) is 4.55. The maximum Gasteiger partial charge on any atom is 0.327 e. The lowest BCUT2D eigenvalue weighted by Crippen LogP contribution is -2.67. The van der Waals surface area contributed by atoms with Gasteiger partial charge < -0.3 is 15.1 Å². The molecule has 2 heterocycles. The van der Waals surface area contributed by atoms with Crippen molar-refractivity contribution in [1.82, 2.24) is 4.90 Å². The van der Waals surface area contributed by atoms with Crippen molar-refractivity contribution in [3.63, 3.8) is 0 Å². The number of thioether (sulfide) groups is 1. The average Bonchev–Trinajstić information content (AvgIpc) is 2.31. The number of nitrogens with zero attached hydrogens (tertiary/aromatic N) is 1. The van der Waals surface area contributed by atoms with Gasteiger partial charge in [0, 0.05) is 4.75 Å². The van der Waals surface area contributed by atoms with E-state index in [9.17, 15) is 19.8 Å². The molecule has 2 rings (SSSR count).